The molecule has 0 amide bonds. The van der Waals surface area contributed by atoms with Crippen molar-refractivity contribution >= 4 is 27.6 Å². The van der Waals surface area contributed by atoms with Crippen molar-refractivity contribution in [3.05, 3.63) is 64.7 Å². The van der Waals surface area contributed by atoms with E-state index in [0.717, 1.165) is 18.2 Å². The number of hydrogen-bond acceptors (Lipinski definition) is 3. The van der Waals surface area contributed by atoms with Crippen LogP contribution in [0.25, 0.3) is 0 Å². The molecule has 0 unspecified atom stereocenters. The van der Waals surface area contributed by atoms with E-state index in [1.807, 2.05) is 4.72 Å². The number of halogens is 4. The Balaban J connectivity index is 2.27. The number of aliphatic carboxylic acids is 1. The van der Waals surface area contributed by atoms with E-state index < -0.39 is 38.7 Å². The Hall–Kier alpha value is -2.10. The summed E-state index contributed by atoms with van der Waals surface area (Å²) in [5.41, 5.74) is -0.654. The number of rotatable bonds is 6. The van der Waals surface area contributed by atoms with E-state index in [-0.39, 0.29) is 6.42 Å². The highest BCUT2D eigenvalue weighted by atomic mass is 35.5. The van der Waals surface area contributed by atoms with Gasteiger partial charge in [-0.3, -0.25) is 4.79 Å². The summed E-state index contributed by atoms with van der Waals surface area (Å²) in [6.45, 7) is 0. The van der Waals surface area contributed by atoms with Gasteiger partial charge in [-0.25, -0.2) is 8.42 Å². The lowest BCUT2D eigenvalue weighted by atomic mass is 10.1. The SMILES string of the molecule is O=C(O)[C@H](Cc1ccc(Cl)cc1)NS(=O)(=O)c1cccc(C(F)(F)F)c1. The maximum Gasteiger partial charge on any atom is 0.416 e. The van der Waals surface area contributed by atoms with Crippen molar-refractivity contribution in [2.75, 3.05) is 0 Å². The zero-order chi connectivity index (χ0) is 19.5. The average Bonchev–Trinajstić information content (AvgIpc) is 2.55. The Morgan fingerprint density at radius 1 is 1.15 bits per heavy atom. The molecule has 5 nitrogen and oxygen atoms in total. The van der Waals surface area contributed by atoms with Gasteiger partial charge >= 0.3 is 12.1 Å². The minimum Gasteiger partial charge on any atom is -0.480 e. The average molecular weight is 408 g/mol. The number of benzene rings is 2. The van der Waals surface area contributed by atoms with Crippen LogP contribution in [0.1, 0.15) is 11.1 Å². The van der Waals surface area contributed by atoms with Crippen molar-refractivity contribution in [3.63, 3.8) is 0 Å². The molecule has 0 heterocycles. The van der Waals surface area contributed by atoms with Crippen LogP contribution >= 0.6 is 11.6 Å². The topological polar surface area (TPSA) is 83.5 Å². The third-order valence-electron chi connectivity index (χ3n) is 3.42. The molecule has 2 N–H and O–H groups in total. The zero-order valence-electron chi connectivity index (χ0n) is 13.0. The molecule has 0 aliphatic carbocycles. The van der Waals surface area contributed by atoms with Gasteiger partial charge in [0, 0.05) is 5.02 Å². The number of sulfonamides is 1. The van der Waals surface area contributed by atoms with Crippen LogP contribution in [-0.4, -0.2) is 25.5 Å². The fraction of sp³-hybridized carbons (Fsp3) is 0.188. The lowest BCUT2D eigenvalue weighted by Gasteiger charge is -2.16. The summed E-state index contributed by atoms with van der Waals surface area (Å²) in [5.74, 6) is -1.46. The third-order valence-corrected chi connectivity index (χ3v) is 5.14. The first kappa shape index (κ1) is 20.2. The fourth-order valence-electron chi connectivity index (χ4n) is 2.13. The first-order valence-electron chi connectivity index (χ1n) is 7.16. The van der Waals surface area contributed by atoms with Gasteiger partial charge in [0.2, 0.25) is 10.0 Å². The molecule has 0 fully saturated rings. The Labute approximate surface area is 152 Å². The van der Waals surface area contributed by atoms with E-state index in [1.165, 1.54) is 24.3 Å². The van der Waals surface area contributed by atoms with Crippen LogP contribution in [0, 0.1) is 0 Å². The maximum atomic E-state index is 12.7. The molecule has 0 bridgehead atoms. The van der Waals surface area contributed by atoms with Crippen LogP contribution in [-0.2, 0) is 27.4 Å². The van der Waals surface area contributed by atoms with E-state index >= 15 is 0 Å². The van der Waals surface area contributed by atoms with Crippen LogP contribution in [0.4, 0.5) is 13.2 Å². The van der Waals surface area contributed by atoms with Gasteiger partial charge in [0.15, 0.2) is 0 Å². The Morgan fingerprint density at radius 2 is 1.77 bits per heavy atom. The molecule has 2 rings (SSSR count). The van der Waals surface area contributed by atoms with Crippen LogP contribution in [0.2, 0.25) is 5.02 Å². The first-order chi connectivity index (χ1) is 12.0. The van der Waals surface area contributed by atoms with Crippen molar-refractivity contribution in [1.82, 2.24) is 4.72 Å². The molecular weight excluding hydrogens is 395 g/mol. The first-order valence-corrected chi connectivity index (χ1v) is 9.02. The van der Waals surface area contributed by atoms with Gasteiger partial charge < -0.3 is 5.11 Å². The number of carboxylic acids is 1. The van der Waals surface area contributed by atoms with Gasteiger partial charge in [-0.15, -0.1) is 0 Å². The molecule has 0 spiro atoms. The van der Waals surface area contributed by atoms with E-state index in [1.54, 1.807) is 0 Å². The standard InChI is InChI=1S/C16H13ClF3NO4S/c17-12-6-4-10(5-7-12)8-14(15(22)23)21-26(24,25)13-3-1-2-11(9-13)16(18,19)20/h1-7,9,14,21H,8H2,(H,22,23)/t14-/m0/s1. The van der Waals surface area contributed by atoms with Crippen LogP contribution in [0.15, 0.2) is 53.4 Å². The summed E-state index contributed by atoms with van der Waals surface area (Å²) in [4.78, 5) is 10.7. The van der Waals surface area contributed by atoms with Gasteiger partial charge in [-0.1, -0.05) is 29.8 Å². The Kier molecular flexibility index (Phi) is 5.94. The number of carboxylic acid groups (broad SMARTS) is 1. The van der Waals surface area contributed by atoms with Crippen molar-refractivity contribution in [3.8, 4) is 0 Å². The molecule has 26 heavy (non-hydrogen) atoms. The third kappa shape index (κ3) is 5.20. The monoisotopic (exact) mass is 407 g/mol. The van der Waals surface area contributed by atoms with Crippen LogP contribution in [0.3, 0.4) is 0 Å². The molecule has 0 aliphatic heterocycles. The molecule has 140 valence electrons. The number of alkyl halides is 3. The molecule has 0 saturated heterocycles. The molecule has 0 radical (unpaired) electrons. The lowest BCUT2D eigenvalue weighted by molar-refractivity contribution is -0.139. The predicted octanol–water partition coefficient (Wildman–Crippen LogP) is 3.33. The van der Waals surface area contributed by atoms with Crippen molar-refractivity contribution in [1.29, 1.82) is 0 Å². The van der Waals surface area contributed by atoms with Gasteiger partial charge in [0.05, 0.1) is 10.5 Å². The van der Waals surface area contributed by atoms with Crippen LogP contribution in [0.5, 0.6) is 0 Å². The molecule has 1 atom stereocenters. The highest BCUT2D eigenvalue weighted by Gasteiger charge is 2.32. The largest absolute Gasteiger partial charge is 0.480 e. The molecular formula is C16H13ClF3NO4S. The van der Waals surface area contributed by atoms with E-state index in [2.05, 4.69) is 0 Å². The summed E-state index contributed by atoms with van der Waals surface area (Å²) in [7, 11) is -4.47. The highest BCUT2D eigenvalue weighted by molar-refractivity contribution is 7.89. The van der Waals surface area contributed by atoms with Gasteiger partial charge in [-0.05, 0) is 42.3 Å². The second kappa shape index (κ2) is 7.65. The molecule has 0 aromatic heterocycles. The second-order valence-corrected chi connectivity index (χ2v) is 7.52. The summed E-state index contributed by atoms with van der Waals surface area (Å²) in [5, 5.41) is 9.67. The molecule has 10 heteroatoms. The lowest BCUT2D eigenvalue weighted by Crippen LogP contribution is -2.42. The fourth-order valence-corrected chi connectivity index (χ4v) is 3.49. The normalized spacial score (nSPS) is 13.4. The quantitative estimate of drug-likeness (QED) is 0.769. The summed E-state index contributed by atoms with van der Waals surface area (Å²) in [6.07, 6.45) is -4.92. The molecule has 2 aromatic carbocycles. The van der Waals surface area contributed by atoms with E-state index in [4.69, 9.17) is 11.6 Å². The Bertz CT molecular complexity index is 898. The van der Waals surface area contributed by atoms with Gasteiger partial charge in [-0.2, -0.15) is 17.9 Å². The Morgan fingerprint density at radius 3 is 2.31 bits per heavy atom. The van der Waals surface area contributed by atoms with Gasteiger partial charge in [0.1, 0.15) is 6.04 Å². The minimum absolute atomic E-state index is 0.204. The number of carbonyl (C=O) groups is 1. The summed E-state index contributed by atoms with van der Waals surface area (Å²) in [6, 6.07) is 7.58. The second-order valence-electron chi connectivity index (χ2n) is 5.37. The van der Waals surface area contributed by atoms with E-state index in [0.29, 0.717) is 16.7 Å². The van der Waals surface area contributed by atoms with Gasteiger partial charge in [0.25, 0.3) is 0 Å². The maximum absolute atomic E-state index is 12.7. The molecule has 2 aromatic rings. The zero-order valence-corrected chi connectivity index (χ0v) is 14.6. The van der Waals surface area contributed by atoms with Crippen LogP contribution < -0.4 is 4.72 Å². The number of nitrogens with one attached hydrogen (secondary N) is 1. The predicted molar refractivity (Wildman–Crippen MR) is 88.3 cm³/mol. The highest BCUT2D eigenvalue weighted by Crippen LogP contribution is 2.30. The summed E-state index contributed by atoms with van der Waals surface area (Å²) < 4.78 is 64.8. The minimum atomic E-state index is -4.72. The summed E-state index contributed by atoms with van der Waals surface area (Å²) >= 11 is 5.73. The number of hydrogen-bond donors (Lipinski definition) is 2. The molecule has 0 aliphatic rings. The van der Waals surface area contributed by atoms with Crippen molar-refractivity contribution in [2.24, 2.45) is 0 Å². The van der Waals surface area contributed by atoms with E-state index in [9.17, 15) is 31.5 Å². The van der Waals surface area contributed by atoms with Crippen molar-refractivity contribution in [2.45, 2.75) is 23.5 Å². The smallest absolute Gasteiger partial charge is 0.416 e. The molecule has 0 saturated carbocycles. The van der Waals surface area contributed by atoms with Crippen molar-refractivity contribution < 1.29 is 31.5 Å².